The number of benzene rings is 1. The third kappa shape index (κ3) is 3.70. The van der Waals surface area contributed by atoms with Gasteiger partial charge in [0, 0.05) is 12.2 Å². The van der Waals surface area contributed by atoms with Crippen molar-refractivity contribution in [3.8, 4) is 0 Å². The number of piperidine rings is 1. The van der Waals surface area contributed by atoms with E-state index in [0.717, 1.165) is 24.7 Å². The second-order valence-corrected chi connectivity index (χ2v) is 4.89. The number of nitrogens with one attached hydrogen (secondary N) is 2. The first kappa shape index (κ1) is 12.4. The first-order valence-corrected chi connectivity index (χ1v) is 6.46. The molecule has 94 valence electrons. The molecular formula is C14H21FN2. The van der Waals surface area contributed by atoms with Crippen molar-refractivity contribution >= 4 is 5.69 Å². The van der Waals surface area contributed by atoms with Gasteiger partial charge in [0.15, 0.2) is 0 Å². The molecule has 2 N–H and O–H groups in total. The predicted octanol–water partition coefficient (Wildman–Crippen LogP) is 2.94. The van der Waals surface area contributed by atoms with Crippen LogP contribution >= 0.6 is 0 Å². The third-order valence-corrected chi connectivity index (χ3v) is 3.44. The van der Waals surface area contributed by atoms with Crippen molar-refractivity contribution in [2.45, 2.75) is 26.2 Å². The molecule has 0 aliphatic carbocycles. The van der Waals surface area contributed by atoms with E-state index in [9.17, 15) is 4.39 Å². The maximum absolute atomic E-state index is 13.1. The summed E-state index contributed by atoms with van der Waals surface area (Å²) in [6, 6.07) is 5.20. The highest BCUT2D eigenvalue weighted by atomic mass is 19.1. The summed E-state index contributed by atoms with van der Waals surface area (Å²) in [6.07, 6.45) is 3.81. The number of rotatable bonds is 4. The highest BCUT2D eigenvalue weighted by molar-refractivity contribution is 5.45. The number of halogens is 1. The van der Waals surface area contributed by atoms with E-state index in [1.54, 1.807) is 13.0 Å². The van der Waals surface area contributed by atoms with Gasteiger partial charge in [0.2, 0.25) is 0 Å². The Balaban J connectivity index is 1.75. The molecule has 1 atom stereocenters. The molecule has 1 aliphatic rings. The lowest BCUT2D eigenvalue weighted by molar-refractivity contribution is 0.364. The summed E-state index contributed by atoms with van der Waals surface area (Å²) in [7, 11) is 0. The summed E-state index contributed by atoms with van der Waals surface area (Å²) in [5, 5.41) is 6.79. The van der Waals surface area contributed by atoms with Crippen molar-refractivity contribution < 1.29 is 4.39 Å². The standard InChI is InChI=1S/C14H21FN2/c1-11-9-13(4-5-14(11)15)17-8-6-12-3-2-7-16-10-12/h4-5,9,12,16-17H,2-3,6-8,10H2,1H3. The second-order valence-electron chi connectivity index (χ2n) is 4.89. The lowest BCUT2D eigenvalue weighted by atomic mass is 9.96. The third-order valence-electron chi connectivity index (χ3n) is 3.44. The molecule has 17 heavy (non-hydrogen) atoms. The van der Waals surface area contributed by atoms with Gasteiger partial charge in [-0.2, -0.15) is 0 Å². The van der Waals surface area contributed by atoms with E-state index in [0.29, 0.717) is 5.56 Å². The van der Waals surface area contributed by atoms with E-state index in [4.69, 9.17) is 0 Å². The van der Waals surface area contributed by atoms with Crippen LogP contribution in [0.4, 0.5) is 10.1 Å². The van der Waals surface area contributed by atoms with Gasteiger partial charge in [0.05, 0.1) is 0 Å². The fourth-order valence-electron chi connectivity index (χ4n) is 2.35. The van der Waals surface area contributed by atoms with Crippen LogP contribution in [0, 0.1) is 18.7 Å². The maximum atomic E-state index is 13.1. The van der Waals surface area contributed by atoms with Gasteiger partial charge in [0.25, 0.3) is 0 Å². The lowest BCUT2D eigenvalue weighted by Gasteiger charge is -2.22. The summed E-state index contributed by atoms with van der Waals surface area (Å²) >= 11 is 0. The van der Waals surface area contributed by atoms with Crippen molar-refractivity contribution in [2.24, 2.45) is 5.92 Å². The van der Waals surface area contributed by atoms with Crippen molar-refractivity contribution in [1.29, 1.82) is 0 Å². The number of anilines is 1. The van der Waals surface area contributed by atoms with E-state index >= 15 is 0 Å². The molecule has 1 aromatic rings. The Morgan fingerprint density at radius 3 is 3.06 bits per heavy atom. The van der Waals surface area contributed by atoms with Crippen molar-refractivity contribution in [3.63, 3.8) is 0 Å². The fourth-order valence-corrected chi connectivity index (χ4v) is 2.35. The maximum Gasteiger partial charge on any atom is 0.126 e. The Labute approximate surface area is 103 Å². The molecule has 3 heteroatoms. The van der Waals surface area contributed by atoms with E-state index in [-0.39, 0.29) is 5.82 Å². The average molecular weight is 236 g/mol. The molecule has 0 saturated carbocycles. The zero-order chi connectivity index (χ0) is 12.1. The molecule has 2 nitrogen and oxygen atoms in total. The Morgan fingerprint density at radius 1 is 1.47 bits per heavy atom. The molecule has 0 spiro atoms. The van der Waals surface area contributed by atoms with Crippen molar-refractivity contribution in [1.82, 2.24) is 5.32 Å². The monoisotopic (exact) mass is 236 g/mol. The quantitative estimate of drug-likeness (QED) is 0.840. The predicted molar refractivity (Wildman–Crippen MR) is 69.8 cm³/mol. The normalized spacial score (nSPS) is 20.2. The molecule has 1 aromatic carbocycles. The molecule has 1 fully saturated rings. The summed E-state index contributed by atoms with van der Waals surface area (Å²) in [5.74, 6) is 0.657. The Morgan fingerprint density at radius 2 is 2.35 bits per heavy atom. The van der Waals surface area contributed by atoms with Crippen LogP contribution in [-0.4, -0.2) is 19.6 Å². The van der Waals surface area contributed by atoms with Crippen LogP contribution in [0.15, 0.2) is 18.2 Å². The number of aryl methyl sites for hydroxylation is 1. The van der Waals surface area contributed by atoms with Gasteiger partial charge in [-0.1, -0.05) is 0 Å². The smallest absolute Gasteiger partial charge is 0.126 e. The largest absolute Gasteiger partial charge is 0.385 e. The molecule has 0 bridgehead atoms. The molecule has 0 radical (unpaired) electrons. The van der Waals surface area contributed by atoms with E-state index in [1.165, 1.54) is 31.9 Å². The van der Waals surface area contributed by atoms with Crippen LogP contribution in [0.25, 0.3) is 0 Å². The van der Waals surface area contributed by atoms with Crippen molar-refractivity contribution in [3.05, 3.63) is 29.6 Å². The molecule has 1 aliphatic heterocycles. The fraction of sp³-hybridized carbons (Fsp3) is 0.571. The van der Waals surface area contributed by atoms with Gasteiger partial charge in [-0.25, -0.2) is 4.39 Å². The van der Waals surface area contributed by atoms with E-state index in [2.05, 4.69) is 10.6 Å². The molecule has 0 aromatic heterocycles. The lowest BCUT2D eigenvalue weighted by Crippen LogP contribution is -2.30. The van der Waals surface area contributed by atoms with Crippen LogP contribution in [-0.2, 0) is 0 Å². The van der Waals surface area contributed by atoms with Gasteiger partial charge in [-0.05, 0) is 69.0 Å². The minimum Gasteiger partial charge on any atom is -0.385 e. The molecule has 1 saturated heterocycles. The second kappa shape index (κ2) is 6.01. The van der Waals surface area contributed by atoms with Crippen LogP contribution < -0.4 is 10.6 Å². The Hall–Kier alpha value is -1.09. The summed E-state index contributed by atoms with van der Waals surface area (Å²) in [6.45, 7) is 5.08. The number of hydrogen-bond acceptors (Lipinski definition) is 2. The summed E-state index contributed by atoms with van der Waals surface area (Å²) < 4.78 is 13.1. The van der Waals surface area contributed by atoms with Crippen LogP contribution in [0.5, 0.6) is 0 Å². The van der Waals surface area contributed by atoms with Gasteiger partial charge in [-0.15, -0.1) is 0 Å². The topological polar surface area (TPSA) is 24.1 Å². The van der Waals surface area contributed by atoms with Crippen LogP contribution in [0.2, 0.25) is 0 Å². The highest BCUT2D eigenvalue weighted by Crippen LogP contribution is 2.16. The SMILES string of the molecule is Cc1cc(NCCC2CCCNC2)ccc1F. The Bertz CT molecular complexity index is 359. The zero-order valence-electron chi connectivity index (χ0n) is 10.4. The molecule has 0 amide bonds. The van der Waals surface area contributed by atoms with Gasteiger partial charge in [-0.3, -0.25) is 0 Å². The first-order chi connectivity index (χ1) is 8.25. The Kier molecular flexibility index (Phi) is 4.37. The van der Waals surface area contributed by atoms with Gasteiger partial charge >= 0.3 is 0 Å². The average Bonchev–Trinajstić information content (AvgIpc) is 2.35. The summed E-state index contributed by atoms with van der Waals surface area (Å²) in [4.78, 5) is 0. The molecule has 1 heterocycles. The molecular weight excluding hydrogens is 215 g/mol. The molecule has 1 unspecified atom stereocenters. The van der Waals surface area contributed by atoms with Gasteiger partial charge in [0.1, 0.15) is 5.82 Å². The zero-order valence-corrected chi connectivity index (χ0v) is 10.4. The van der Waals surface area contributed by atoms with Gasteiger partial charge < -0.3 is 10.6 Å². The molecule has 2 rings (SSSR count). The minimum atomic E-state index is -0.132. The minimum absolute atomic E-state index is 0.132. The van der Waals surface area contributed by atoms with Crippen molar-refractivity contribution in [2.75, 3.05) is 25.0 Å². The van der Waals surface area contributed by atoms with E-state index < -0.39 is 0 Å². The number of hydrogen-bond donors (Lipinski definition) is 2. The van der Waals surface area contributed by atoms with E-state index in [1.807, 2.05) is 6.07 Å². The van der Waals surface area contributed by atoms with Crippen LogP contribution in [0.3, 0.4) is 0 Å². The summed E-state index contributed by atoms with van der Waals surface area (Å²) in [5.41, 5.74) is 1.72. The van der Waals surface area contributed by atoms with Crippen LogP contribution in [0.1, 0.15) is 24.8 Å². The first-order valence-electron chi connectivity index (χ1n) is 6.46. The highest BCUT2D eigenvalue weighted by Gasteiger charge is 2.11.